The molecule has 6 rings (SSSR count). The number of rotatable bonds is 10. The summed E-state index contributed by atoms with van der Waals surface area (Å²) in [6.45, 7) is 0. The van der Waals surface area contributed by atoms with Gasteiger partial charge in [0.2, 0.25) is 0 Å². The van der Waals surface area contributed by atoms with Gasteiger partial charge in [-0.1, -0.05) is 170 Å². The third-order valence-electron chi connectivity index (χ3n) is 6.58. The van der Waals surface area contributed by atoms with Crippen LogP contribution in [0.1, 0.15) is 11.1 Å². The van der Waals surface area contributed by atoms with Crippen LogP contribution in [0.2, 0.25) is 0 Å². The topological polar surface area (TPSA) is 52.9 Å². The van der Waals surface area contributed by atoms with Crippen molar-refractivity contribution >= 4 is 34.2 Å². The Morgan fingerprint density at radius 1 is 0.362 bits per heavy atom. The third-order valence-corrected chi connectivity index (χ3v) is 6.58. The summed E-state index contributed by atoms with van der Waals surface area (Å²) in [6, 6.07) is 59.9. The number of para-hydroxylation sites is 4. The molecule has 0 fully saturated rings. The van der Waals surface area contributed by atoms with Crippen molar-refractivity contribution in [2.45, 2.75) is 0 Å². The van der Waals surface area contributed by atoms with Gasteiger partial charge in [-0.05, 0) is 24.3 Å². The first-order chi connectivity index (χ1) is 22.8. The van der Waals surface area contributed by atoms with Gasteiger partial charge in [-0.2, -0.15) is 12.4 Å². The van der Waals surface area contributed by atoms with E-state index in [1.54, 1.807) is 12.4 Å². The molecule has 6 aromatic rings. The normalized spacial score (nSPS) is 11.3. The molecular formula is C42H34CuN4. The van der Waals surface area contributed by atoms with Crippen LogP contribution < -0.4 is 0 Å². The second-order valence-corrected chi connectivity index (χ2v) is 9.96. The summed E-state index contributed by atoms with van der Waals surface area (Å²) in [5, 5.41) is 8.90. The molecule has 0 aliphatic rings. The van der Waals surface area contributed by atoms with Gasteiger partial charge in [0.1, 0.15) is 0 Å². The van der Waals surface area contributed by atoms with Crippen molar-refractivity contribution in [1.82, 2.24) is 0 Å². The zero-order valence-electron chi connectivity index (χ0n) is 25.7. The minimum Gasteiger partial charge on any atom is -0.664 e. The van der Waals surface area contributed by atoms with Crippen molar-refractivity contribution in [3.63, 3.8) is 0 Å². The van der Waals surface area contributed by atoms with Gasteiger partial charge in [0.15, 0.2) is 0 Å². The maximum atomic E-state index is 4.73. The van der Waals surface area contributed by atoms with Crippen molar-refractivity contribution in [3.8, 4) is 0 Å². The Balaban J connectivity index is 0.000000208. The average Bonchev–Trinajstić information content (AvgIpc) is 3.14. The molecule has 0 unspecified atom stereocenters. The van der Waals surface area contributed by atoms with Crippen LogP contribution in [0.3, 0.4) is 0 Å². The molecule has 0 N–H and O–H groups in total. The number of allylic oxidation sites excluding steroid dienone is 2. The standard InChI is InChI=1S/2C21H17N2.Cu/c2*1-4-10-18(11-5-1)21(23-20-14-8-3-9-15-20)16-17-22-19-12-6-2-7-13-19;/h2*1-17H;/q2*-1;+2/b2*17-16-,23-21?;. The van der Waals surface area contributed by atoms with Gasteiger partial charge in [0.05, 0.1) is 22.8 Å². The number of benzene rings is 6. The molecule has 0 aliphatic heterocycles. The predicted molar refractivity (Wildman–Crippen MR) is 195 cm³/mol. The zero-order valence-corrected chi connectivity index (χ0v) is 26.7. The monoisotopic (exact) mass is 657 g/mol. The molecule has 0 heterocycles. The average molecular weight is 658 g/mol. The van der Waals surface area contributed by atoms with Crippen LogP contribution in [0.15, 0.2) is 217 Å². The van der Waals surface area contributed by atoms with Crippen LogP contribution in [-0.2, 0) is 17.1 Å². The molecule has 5 heteroatoms. The van der Waals surface area contributed by atoms with Gasteiger partial charge in [-0.15, -0.1) is 11.4 Å². The Bertz CT molecular complexity index is 1700. The second kappa shape index (κ2) is 19.6. The Hall–Kier alpha value is -5.74. The maximum Gasteiger partial charge on any atom is 2.00 e. The summed E-state index contributed by atoms with van der Waals surface area (Å²) in [5.74, 6) is 0. The van der Waals surface area contributed by atoms with Crippen molar-refractivity contribution in [2.75, 3.05) is 0 Å². The number of aliphatic imine (C=N–C) groups is 2. The molecule has 233 valence electrons. The van der Waals surface area contributed by atoms with Crippen LogP contribution >= 0.6 is 0 Å². The van der Waals surface area contributed by atoms with Crippen LogP contribution in [0.25, 0.3) is 10.6 Å². The molecule has 0 bridgehead atoms. The Morgan fingerprint density at radius 3 is 0.957 bits per heavy atom. The second-order valence-electron chi connectivity index (χ2n) is 9.96. The first kappa shape index (κ1) is 34.1. The van der Waals surface area contributed by atoms with Crippen LogP contribution in [-0.4, -0.2) is 11.4 Å². The predicted octanol–water partition coefficient (Wildman–Crippen LogP) is 12.1. The van der Waals surface area contributed by atoms with E-state index in [-0.39, 0.29) is 17.1 Å². The molecule has 0 aliphatic carbocycles. The molecular weight excluding hydrogens is 624 g/mol. The summed E-state index contributed by atoms with van der Waals surface area (Å²) in [5.41, 5.74) is 7.61. The van der Waals surface area contributed by atoms with E-state index >= 15 is 0 Å². The van der Waals surface area contributed by atoms with Crippen LogP contribution in [0.5, 0.6) is 0 Å². The molecule has 0 saturated heterocycles. The van der Waals surface area contributed by atoms with E-state index in [2.05, 4.69) is 34.9 Å². The van der Waals surface area contributed by atoms with Gasteiger partial charge < -0.3 is 10.6 Å². The van der Waals surface area contributed by atoms with Crippen LogP contribution in [0, 0.1) is 0 Å². The fraction of sp³-hybridized carbons (Fsp3) is 0. The van der Waals surface area contributed by atoms with E-state index in [4.69, 9.17) is 9.98 Å². The fourth-order valence-corrected chi connectivity index (χ4v) is 4.31. The SMILES string of the molecule is C(=C/C(=Nc1ccccc1)c1ccccc1)/[N-]c1ccccc1.C(=C/C(=Nc1ccccc1)c1ccccc1)/[N-]c1ccccc1.[Cu+2]. The fourth-order valence-electron chi connectivity index (χ4n) is 4.31. The van der Waals surface area contributed by atoms with Gasteiger partial charge in [0.25, 0.3) is 0 Å². The third kappa shape index (κ3) is 11.9. The Labute approximate surface area is 288 Å². The summed E-state index contributed by atoms with van der Waals surface area (Å²) >= 11 is 0. The number of hydrogen-bond donors (Lipinski definition) is 0. The summed E-state index contributed by atoms with van der Waals surface area (Å²) in [7, 11) is 0. The van der Waals surface area contributed by atoms with E-state index in [9.17, 15) is 0 Å². The minimum atomic E-state index is 0. The van der Waals surface area contributed by atoms with E-state index in [0.717, 1.165) is 45.3 Å². The van der Waals surface area contributed by atoms with Gasteiger partial charge in [-0.25, -0.2) is 9.98 Å². The molecule has 0 atom stereocenters. The number of nitrogens with zero attached hydrogens (tertiary/aromatic N) is 4. The number of hydrogen-bond acceptors (Lipinski definition) is 2. The smallest absolute Gasteiger partial charge is 0.664 e. The Kier molecular flexibility index (Phi) is 14.2. The Morgan fingerprint density at radius 2 is 0.638 bits per heavy atom. The molecule has 0 aromatic heterocycles. The van der Waals surface area contributed by atoms with E-state index in [1.807, 2.05) is 170 Å². The molecule has 0 amide bonds. The quantitative estimate of drug-likeness (QED) is 0.104. The van der Waals surface area contributed by atoms with E-state index in [1.165, 1.54) is 0 Å². The largest absolute Gasteiger partial charge is 2.00 e. The molecule has 4 nitrogen and oxygen atoms in total. The molecule has 0 spiro atoms. The van der Waals surface area contributed by atoms with Crippen molar-refractivity contribution in [3.05, 3.63) is 228 Å². The summed E-state index contributed by atoms with van der Waals surface area (Å²) in [4.78, 5) is 9.46. The van der Waals surface area contributed by atoms with Crippen molar-refractivity contribution < 1.29 is 17.1 Å². The van der Waals surface area contributed by atoms with Gasteiger partial charge >= 0.3 is 17.1 Å². The van der Waals surface area contributed by atoms with Gasteiger partial charge in [0, 0.05) is 11.1 Å². The van der Waals surface area contributed by atoms with E-state index < -0.39 is 0 Å². The molecule has 6 aromatic carbocycles. The van der Waals surface area contributed by atoms with E-state index in [0.29, 0.717) is 0 Å². The van der Waals surface area contributed by atoms with Crippen LogP contribution in [0.4, 0.5) is 22.7 Å². The molecule has 1 radical (unpaired) electrons. The molecule has 47 heavy (non-hydrogen) atoms. The summed E-state index contributed by atoms with van der Waals surface area (Å²) in [6.07, 6.45) is 7.47. The van der Waals surface area contributed by atoms with Crippen molar-refractivity contribution in [2.24, 2.45) is 9.98 Å². The summed E-state index contributed by atoms with van der Waals surface area (Å²) < 4.78 is 0. The maximum absolute atomic E-state index is 4.73. The minimum absolute atomic E-state index is 0. The zero-order chi connectivity index (χ0) is 31.5. The first-order valence-electron chi connectivity index (χ1n) is 15.1. The van der Waals surface area contributed by atoms with Crippen molar-refractivity contribution in [1.29, 1.82) is 0 Å². The molecule has 0 saturated carbocycles. The van der Waals surface area contributed by atoms with Gasteiger partial charge in [-0.3, -0.25) is 0 Å². The first-order valence-corrected chi connectivity index (χ1v) is 15.1.